The van der Waals surface area contributed by atoms with E-state index in [1.54, 1.807) is 30.0 Å². The molecule has 3 nitrogen and oxygen atoms in total. The number of thioether (sulfide) groups is 1. The first kappa shape index (κ1) is 13.5. The number of carbonyl (C=O) groups excluding carboxylic acids is 1. The van der Waals surface area contributed by atoms with E-state index in [2.05, 4.69) is 5.32 Å². The second-order valence-electron chi connectivity index (χ2n) is 4.21. The first-order valence-corrected chi connectivity index (χ1v) is 7.07. The molecule has 2 aromatic rings. The molecular weight excluding hydrogens is 258 g/mol. The van der Waals surface area contributed by atoms with E-state index in [9.17, 15) is 9.90 Å². The number of anilines is 1. The molecule has 0 unspecified atom stereocenters. The lowest BCUT2D eigenvalue weighted by Crippen LogP contribution is -2.12. The minimum absolute atomic E-state index is 0.00137. The van der Waals surface area contributed by atoms with Crippen molar-refractivity contribution in [2.45, 2.75) is 11.8 Å². The van der Waals surface area contributed by atoms with Crippen LogP contribution < -0.4 is 5.32 Å². The minimum Gasteiger partial charge on any atom is -0.507 e. The topological polar surface area (TPSA) is 49.3 Å². The first-order chi connectivity index (χ1) is 9.10. The van der Waals surface area contributed by atoms with Crippen molar-refractivity contribution in [3.05, 3.63) is 53.6 Å². The van der Waals surface area contributed by atoms with Gasteiger partial charge in [-0.05, 0) is 49.1 Å². The summed E-state index contributed by atoms with van der Waals surface area (Å²) < 4.78 is 0. The monoisotopic (exact) mass is 273 g/mol. The van der Waals surface area contributed by atoms with Gasteiger partial charge in [-0.1, -0.05) is 12.1 Å². The van der Waals surface area contributed by atoms with Gasteiger partial charge in [0.15, 0.2) is 0 Å². The van der Waals surface area contributed by atoms with Gasteiger partial charge in [0.25, 0.3) is 5.91 Å². The van der Waals surface area contributed by atoms with Crippen LogP contribution in [0.25, 0.3) is 0 Å². The zero-order chi connectivity index (χ0) is 13.8. The summed E-state index contributed by atoms with van der Waals surface area (Å²) in [5.74, 6) is -0.311. The molecule has 0 aliphatic rings. The van der Waals surface area contributed by atoms with Gasteiger partial charge >= 0.3 is 0 Å². The summed E-state index contributed by atoms with van der Waals surface area (Å²) in [5, 5.41) is 12.6. The van der Waals surface area contributed by atoms with Gasteiger partial charge < -0.3 is 10.4 Å². The van der Waals surface area contributed by atoms with Gasteiger partial charge in [0, 0.05) is 10.6 Å². The van der Waals surface area contributed by atoms with Gasteiger partial charge in [-0.25, -0.2) is 0 Å². The largest absolute Gasteiger partial charge is 0.507 e. The SMILES string of the molecule is CSc1cccc(NC(=O)c2ccc(C)cc2O)c1. The van der Waals surface area contributed by atoms with E-state index < -0.39 is 0 Å². The third-order valence-electron chi connectivity index (χ3n) is 2.73. The normalized spacial score (nSPS) is 10.2. The van der Waals surface area contributed by atoms with Crippen molar-refractivity contribution in [2.24, 2.45) is 0 Å². The summed E-state index contributed by atoms with van der Waals surface area (Å²) in [7, 11) is 0. The molecule has 1 amide bonds. The number of nitrogens with one attached hydrogen (secondary N) is 1. The number of benzene rings is 2. The highest BCUT2D eigenvalue weighted by atomic mass is 32.2. The average Bonchev–Trinajstić information content (AvgIpc) is 2.38. The van der Waals surface area contributed by atoms with E-state index in [0.29, 0.717) is 0 Å². The third-order valence-corrected chi connectivity index (χ3v) is 3.45. The van der Waals surface area contributed by atoms with Crippen molar-refractivity contribution in [2.75, 3.05) is 11.6 Å². The Morgan fingerprint density at radius 2 is 2.00 bits per heavy atom. The van der Waals surface area contributed by atoms with Crippen molar-refractivity contribution in [1.82, 2.24) is 0 Å². The number of phenols is 1. The van der Waals surface area contributed by atoms with Crippen LogP contribution in [0.15, 0.2) is 47.4 Å². The van der Waals surface area contributed by atoms with Crippen molar-refractivity contribution < 1.29 is 9.90 Å². The Balaban J connectivity index is 2.20. The van der Waals surface area contributed by atoms with E-state index in [0.717, 1.165) is 16.1 Å². The number of rotatable bonds is 3. The van der Waals surface area contributed by atoms with Crippen molar-refractivity contribution in [1.29, 1.82) is 0 Å². The smallest absolute Gasteiger partial charge is 0.259 e. The van der Waals surface area contributed by atoms with E-state index in [-0.39, 0.29) is 17.2 Å². The van der Waals surface area contributed by atoms with E-state index in [4.69, 9.17) is 0 Å². The second-order valence-corrected chi connectivity index (χ2v) is 5.09. The van der Waals surface area contributed by atoms with Crippen molar-refractivity contribution in [3.8, 4) is 5.75 Å². The van der Waals surface area contributed by atoms with Crippen LogP contribution in [0, 0.1) is 6.92 Å². The maximum absolute atomic E-state index is 12.1. The lowest BCUT2D eigenvalue weighted by Gasteiger charge is -2.08. The molecule has 2 rings (SSSR count). The highest BCUT2D eigenvalue weighted by Crippen LogP contribution is 2.22. The van der Waals surface area contributed by atoms with Gasteiger partial charge in [0.2, 0.25) is 0 Å². The van der Waals surface area contributed by atoms with Crippen LogP contribution >= 0.6 is 11.8 Å². The molecule has 0 saturated heterocycles. The Morgan fingerprint density at radius 3 is 2.68 bits per heavy atom. The van der Waals surface area contributed by atoms with Crippen LogP contribution in [-0.4, -0.2) is 17.3 Å². The lowest BCUT2D eigenvalue weighted by atomic mass is 10.1. The maximum atomic E-state index is 12.1. The minimum atomic E-state index is -0.309. The average molecular weight is 273 g/mol. The zero-order valence-electron chi connectivity index (χ0n) is 10.8. The Labute approximate surface area is 116 Å². The number of aryl methyl sites for hydroxylation is 1. The Hall–Kier alpha value is -1.94. The standard InChI is InChI=1S/C15H15NO2S/c1-10-6-7-13(14(17)8-10)15(18)16-11-4-3-5-12(9-11)19-2/h3-9,17H,1-2H3,(H,16,18). The first-order valence-electron chi connectivity index (χ1n) is 5.85. The lowest BCUT2D eigenvalue weighted by molar-refractivity contribution is 0.102. The highest BCUT2D eigenvalue weighted by molar-refractivity contribution is 7.98. The predicted octanol–water partition coefficient (Wildman–Crippen LogP) is 3.67. The molecule has 0 radical (unpaired) electrons. The quantitative estimate of drug-likeness (QED) is 0.839. The molecule has 0 atom stereocenters. The Morgan fingerprint density at radius 1 is 1.21 bits per heavy atom. The van der Waals surface area contributed by atoms with E-state index in [1.807, 2.05) is 37.4 Å². The molecule has 0 aliphatic heterocycles. The molecule has 4 heteroatoms. The van der Waals surface area contributed by atoms with Crippen molar-refractivity contribution >= 4 is 23.4 Å². The molecule has 0 aliphatic carbocycles. The molecule has 0 aromatic heterocycles. The molecule has 98 valence electrons. The third kappa shape index (κ3) is 3.29. The van der Waals surface area contributed by atoms with Crippen molar-refractivity contribution in [3.63, 3.8) is 0 Å². The number of phenolic OH excluding ortho intramolecular Hbond substituents is 1. The van der Waals surface area contributed by atoms with E-state index >= 15 is 0 Å². The highest BCUT2D eigenvalue weighted by Gasteiger charge is 2.11. The number of amides is 1. The molecule has 0 spiro atoms. The van der Waals surface area contributed by atoms with E-state index in [1.165, 1.54) is 0 Å². The number of aromatic hydroxyl groups is 1. The summed E-state index contributed by atoms with van der Waals surface area (Å²) in [5.41, 5.74) is 1.91. The molecule has 0 heterocycles. The van der Waals surface area contributed by atoms with Gasteiger partial charge in [-0.15, -0.1) is 11.8 Å². The van der Waals surface area contributed by atoms with Gasteiger partial charge in [0.1, 0.15) is 5.75 Å². The fraction of sp³-hybridized carbons (Fsp3) is 0.133. The van der Waals surface area contributed by atoms with Crippen LogP contribution in [0.4, 0.5) is 5.69 Å². The van der Waals surface area contributed by atoms with Gasteiger partial charge in [-0.3, -0.25) is 4.79 Å². The molecule has 0 fully saturated rings. The number of hydrogen-bond donors (Lipinski definition) is 2. The molecular formula is C15H15NO2S. The fourth-order valence-electron chi connectivity index (χ4n) is 1.73. The van der Waals surface area contributed by atoms with Crippen LogP contribution in [0.3, 0.4) is 0 Å². The number of hydrogen-bond acceptors (Lipinski definition) is 3. The maximum Gasteiger partial charge on any atom is 0.259 e. The molecule has 0 saturated carbocycles. The van der Waals surface area contributed by atoms with Gasteiger partial charge in [0.05, 0.1) is 5.56 Å². The number of carbonyl (C=O) groups is 1. The summed E-state index contributed by atoms with van der Waals surface area (Å²) >= 11 is 1.61. The fourth-order valence-corrected chi connectivity index (χ4v) is 2.19. The molecule has 19 heavy (non-hydrogen) atoms. The molecule has 0 bridgehead atoms. The zero-order valence-corrected chi connectivity index (χ0v) is 11.6. The Kier molecular flexibility index (Phi) is 4.12. The molecule has 2 aromatic carbocycles. The summed E-state index contributed by atoms with van der Waals surface area (Å²) in [6, 6.07) is 12.6. The summed E-state index contributed by atoms with van der Waals surface area (Å²) in [6.45, 7) is 1.86. The summed E-state index contributed by atoms with van der Waals surface area (Å²) in [6.07, 6.45) is 1.98. The van der Waals surface area contributed by atoms with Crippen LogP contribution in [0.2, 0.25) is 0 Å². The summed E-state index contributed by atoms with van der Waals surface area (Å²) in [4.78, 5) is 13.1. The van der Waals surface area contributed by atoms with Crippen LogP contribution in [0.1, 0.15) is 15.9 Å². The Bertz CT molecular complexity index is 611. The van der Waals surface area contributed by atoms with Gasteiger partial charge in [-0.2, -0.15) is 0 Å². The predicted molar refractivity (Wildman–Crippen MR) is 79.0 cm³/mol. The molecule has 2 N–H and O–H groups in total. The van der Waals surface area contributed by atoms with Crippen LogP contribution in [-0.2, 0) is 0 Å². The second kappa shape index (κ2) is 5.80. The van der Waals surface area contributed by atoms with Crippen LogP contribution in [0.5, 0.6) is 5.75 Å².